The lowest BCUT2D eigenvalue weighted by Gasteiger charge is -2.06. The van der Waals surface area contributed by atoms with E-state index < -0.39 is 0 Å². The summed E-state index contributed by atoms with van der Waals surface area (Å²) in [7, 11) is 0. The second kappa shape index (κ2) is 6.28. The monoisotopic (exact) mass is 366 g/mol. The molecule has 2 heterocycles. The maximum Gasteiger partial charge on any atom is 0.115 e. The zero-order valence-electron chi connectivity index (χ0n) is 14.6. The van der Waals surface area contributed by atoms with Gasteiger partial charge in [0, 0.05) is 11.1 Å². The van der Waals surface area contributed by atoms with Crippen LogP contribution in [0.4, 0.5) is 0 Å². The molecule has 0 unspecified atom stereocenters. The van der Waals surface area contributed by atoms with Gasteiger partial charge < -0.3 is 10.2 Å². The minimum absolute atomic E-state index is 0.209. The zero-order chi connectivity index (χ0) is 19.1. The van der Waals surface area contributed by atoms with E-state index in [0.29, 0.717) is 0 Å². The van der Waals surface area contributed by atoms with Gasteiger partial charge in [-0.2, -0.15) is 0 Å². The summed E-state index contributed by atoms with van der Waals surface area (Å²) >= 11 is 0. The average Bonchev–Trinajstić information content (AvgIpc) is 2.72. The highest BCUT2D eigenvalue weighted by molar-refractivity contribution is 5.92. The average molecular weight is 366 g/mol. The molecule has 0 amide bonds. The predicted molar refractivity (Wildman–Crippen MR) is 107 cm³/mol. The molecule has 0 aliphatic rings. The van der Waals surface area contributed by atoms with Gasteiger partial charge in [0.1, 0.15) is 11.5 Å². The molecule has 0 saturated carbocycles. The summed E-state index contributed by atoms with van der Waals surface area (Å²) in [5, 5.41) is 18.9. The van der Waals surface area contributed by atoms with Gasteiger partial charge in [0.2, 0.25) is 0 Å². The molecule has 28 heavy (non-hydrogen) atoms. The van der Waals surface area contributed by atoms with Gasteiger partial charge in [-0.05, 0) is 60.7 Å². The summed E-state index contributed by atoms with van der Waals surface area (Å²) in [5.74, 6) is 0.418. The van der Waals surface area contributed by atoms with E-state index in [-0.39, 0.29) is 11.5 Å². The third kappa shape index (κ3) is 2.87. The number of phenols is 2. The van der Waals surface area contributed by atoms with Crippen LogP contribution in [-0.4, -0.2) is 30.1 Å². The van der Waals surface area contributed by atoms with E-state index in [1.54, 1.807) is 60.9 Å². The molecule has 0 aliphatic heterocycles. The quantitative estimate of drug-likeness (QED) is 0.452. The van der Waals surface area contributed by atoms with Crippen molar-refractivity contribution < 1.29 is 10.2 Å². The Bertz CT molecular complexity index is 1220. The maximum atomic E-state index is 9.46. The normalized spacial score (nSPS) is 11.1. The fraction of sp³-hybridized carbons (Fsp3) is 0. The lowest BCUT2D eigenvalue weighted by molar-refractivity contribution is 0.475. The van der Waals surface area contributed by atoms with E-state index in [1.165, 1.54) is 0 Å². The van der Waals surface area contributed by atoms with Crippen LogP contribution in [0, 0.1) is 0 Å². The van der Waals surface area contributed by atoms with Crippen molar-refractivity contribution in [2.75, 3.05) is 0 Å². The van der Waals surface area contributed by atoms with Crippen LogP contribution in [0.2, 0.25) is 0 Å². The fourth-order valence-electron chi connectivity index (χ4n) is 3.06. The topological polar surface area (TPSA) is 92.0 Å². The number of benzene rings is 3. The number of hydrogen-bond acceptors (Lipinski definition) is 6. The third-order valence-electron chi connectivity index (χ3n) is 4.53. The Morgan fingerprint density at radius 1 is 0.500 bits per heavy atom. The first-order valence-corrected chi connectivity index (χ1v) is 8.68. The van der Waals surface area contributed by atoms with E-state index in [9.17, 15) is 10.2 Å². The number of fused-ring (bicyclic) bond motifs is 2. The van der Waals surface area contributed by atoms with Gasteiger partial charge in [-0.15, -0.1) is 0 Å². The van der Waals surface area contributed by atoms with Crippen LogP contribution in [0.25, 0.3) is 44.6 Å². The number of hydrogen-bond donors (Lipinski definition) is 2. The van der Waals surface area contributed by atoms with Gasteiger partial charge in [-0.3, -0.25) is 9.97 Å². The van der Waals surface area contributed by atoms with Gasteiger partial charge in [-0.1, -0.05) is 0 Å². The molecule has 0 fully saturated rings. The first-order valence-electron chi connectivity index (χ1n) is 8.68. The summed E-state index contributed by atoms with van der Waals surface area (Å²) in [6.45, 7) is 0. The number of aromatic hydroxyl groups is 2. The third-order valence-corrected chi connectivity index (χ3v) is 4.53. The fourth-order valence-corrected chi connectivity index (χ4v) is 3.06. The highest BCUT2D eigenvalue weighted by Gasteiger charge is 2.08. The first-order chi connectivity index (χ1) is 13.7. The lowest BCUT2D eigenvalue weighted by atomic mass is 10.1. The van der Waals surface area contributed by atoms with Gasteiger partial charge in [-0.25, -0.2) is 9.97 Å². The summed E-state index contributed by atoms with van der Waals surface area (Å²) < 4.78 is 0. The Kier molecular flexibility index (Phi) is 3.62. The van der Waals surface area contributed by atoms with Crippen molar-refractivity contribution in [1.82, 2.24) is 19.9 Å². The summed E-state index contributed by atoms with van der Waals surface area (Å²) in [6.07, 6.45) is 3.41. The van der Waals surface area contributed by atoms with Crippen molar-refractivity contribution in [2.24, 2.45) is 0 Å². The second-order valence-corrected chi connectivity index (χ2v) is 6.43. The molecule has 2 aromatic heterocycles. The van der Waals surface area contributed by atoms with Crippen LogP contribution < -0.4 is 0 Å². The number of phenolic OH excluding ortho intramolecular Hbond substituents is 2. The largest absolute Gasteiger partial charge is 0.508 e. The molecule has 0 aliphatic carbocycles. The molecule has 134 valence electrons. The van der Waals surface area contributed by atoms with Gasteiger partial charge >= 0.3 is 0 Å². The standard InChI is InChI=1S/C22H14N4O2/c27-15-5-1-13(2-6-15)21-11-23-17-9-18-20(10-19(17)25-21)26-22(12-24-18)14-3-7-16(28)8-4-14/h1-12,27-28H. The minimum Gasteiger partial charge on any atom is -0.508 e. The maximum absolute atomic E-state index is 9.46. The van der Waals surface area contributed by atoms with Crippen molar-refractivity contribution in [3.05, 3.63) is 73.1 Å². The summed E-state index contributed by atoms with van der Waals surface area (Å²) in [4.78, 5) is 18.4. The molecule has 0 radical (unpaired) electrons. The highest BCUT2D eigenvalue weighted by atomic mass is 16.3. The molecule has 0 spiro atoms. The van der Waals surface area contributed by atoms with Gasteiger partial charge in [0.15, 0.2) is 0 Å². The molecule has 5 rings (SSSR count). The molecular weight excluding hydrogens is 352 g/mol. The van der Waals surface area contributed by atoms with Crippen LogP contribution in [0.5, 0.6) is 11.5 Å². The van der Waals surface area contributed by atoms with E-state index >= 15 is 0 Å². The van der Waals surface area contributed by atoms with Gasteiger partial charge in [0.05, 0.1) is 45.8 Å². The van der Waals surface area contributed by atoms with Gasteiger partial charge in [0.25, 0.3) is 0 Å². The van der Waals surface area contributed by atoms with Crippen molar-refractivity contribution in [3.63, 3.8) is 0 Å². The van der Waals surface area contributed by atoms with Crippen molar-refractivity contribution in [1.29, 1.82) is 0 Å². The Labute approximate surface area is 159 Å². The molecule has 0 saturated heterocycles. The second-order valence-electron chi connectivity index (χ2n) is 6.43. The molecule has 5 aromatic rings. The molecule has 6 nitrogen and oxygen atoms in total. The van der Waals surface area contributed by atoms with Crippen LogP contribution in [0.3, 0.4) is 0 Å². The molecule has 2 N–H and O–H groups in total. The molecular formula is C22H14N4O2. The minimum atomic E-state index is 0.209. The Hall–Kier alpha value is -4.06. The summed E-state index contributed by atoms with van der Waals surface area (Å²) in [6, 6.07) is 17.4. The Morgan fingerprint density at radius 2 is 0.893 bits per heavy atom. The molecule has 6 heteroatoms. The Morgan fingerprint density at radius 3 is 1.32 bits per heavy atom. The van der Waals surface area contributed by atoms with E-state index in [0.717, 1.165) is 44.6 Å². The highest BCUT2D eigenvalue weighted by Crippen LogP contribution is 2.25. The molecule has 3 aromatic carbocycles. The van der Waals surface area contributed by atoms with Crippen LogP contribution in [0.15, 0.2) is 73.1 Å². The number of rotatable bonds is 2. The van der Waals surface area contributed by atoms with Crippen molar-refractivity contribution in [2.45, 2.75) is 0 Å². The van der Waals surface area contributed by atoms with Crippen molar-refractivity contribution >= 4 is 22.1 Å². The van der Waals surface area contributed by atoms with E-state index in [4.69, 9.17) is 9.97 Å². The van der Waals surface area contributed by atoms with E-state index in [2.05, 4.69) is 9.97 Å². The SMILES string of the molecule is Oc1ccc(-c2cnc3cc4ncc(-c5ccc(O)cc5)nc4cc3n2)cc1. The number of nitrogens with zero attached hydrogens (tertiary/aromatic N) is 4. The number of aromatic nitrogens is 4. The van der Waals surface area contributed by atoms with E-state index in [1.807, 2.05) is 12.1 Å². The van der Waals surface area contributed by atoms with Crippen molar-refractivity contribution in [3.8, 4) is 34.0 Å². The van der Waals surface area contributed by atoms with Crippen LogP contribution in [-0.2, 0) is 0 Å². The van der Waals surface area contributed by atoms with Crippen LogP contribution in [0.1, 0.15) is 0 Å². The lowest BCUT2D eigenvalue weighted by Crippen LogP contribution is -1.92. The summed E-state index contributed by atoms with van der Waals surface area (Å²) in [5.41, 5.74) is 6.09. The molecule has 0 bridgehead atoms. The first kappa shape index (κ1) is 16.1. The zero-order valence-corrected chi connectivity index (χ0v) is 14.6. The predicted octanol–water partition coefficient (Wildman–Crippen LogP) is 4.32. The molecule has 0 atom stereocenters. The van der Waals surface area contributed by atoms with Crippen LogP contribution >= 0.6 is 0 Å². The Balaban J connectivity index is 1.63. The smallest absolute Gasteiger partial charge is 0.115 e.